The smallest absolute Gasteiger partial charge is 0.422 e. The Hall–Kier alpha value is -1.31. The molecule has 0 bridgehead atoms. The van der Waals surface area contributed by atoms with Gasteiger partial charge in [0.15, 0.2) is 6.61 Å². The molecule has 0 aromatic heterocycles. The van der Waals surface area contributed by atoms with Crippen LogP contribution in [0, 0.1) is 10.1 Å². The van der Waals surface area contributed by atoms with Crippen molar-refractivity contribution in [2.75, 3.05) is 6.61 Å². The Morgan fingerprint density at radius 2 is 2.00 bits per heavy atom. The molecule has 0 fully saturated rings. The number of ether oxygens (including phenoxy) is 1. The van der Waals surface area contributed by atoms with Crippen LogP contribution in [0.25, 0.3) is 0 Å². The van der Waals surface area contributed by atoms with E-state index in [1.807, 2.05) is 0 Å². The molecule has 0 heterocycles. The fourth-order valence-electron chi connectivity index (χ4n) is 0.902. The summed E-state index contributed by atoms with van der Waals surface area (Å²) in [5, 5.41) is 10.4. The maximum absolute atomic E-state index is 11.8. The van der Waals surface area contributed by atoms with Crippen LogP contribution < -0.4 is 4.74 Å². The second-order valence-corrected chi connectivity index (χ2v) is 3.72. The molecule has 88 valence electrons. The van der Waals surface area contributed by atoms with Gasteiger partial charge >= 0.3 is 6.18 Å². The monoisotopic (exact) mass is 299 g/mol. The van der Waals surface area contributed by atoms with Gasteiger partial charge in [-0.2, -0.15) is 13.2 Å². The Balaban J connectivity index is 2.85. The van der Waals surface area contributed by atoms with Crippen molar-refractivity contribution in [3.63, 3.8) is 0 Å². The number of alkyl halides is 3. The molecule has 16 heavy (non-hydrogen) atoms. The van der Waals surface area contributed by atoms with E-state index >= 15 is 0 Å². The van der Waals surface area contributed by atoms with Gasteiger partial charge in [-0.25, -0.2) is 0 Å². The van der Waals surface area contributed by atoms with Crippen LogP contribution in [0.2, 0.25) is 0 Å². The normalized spacial score (nSPS) is 11.2. The third-order valence-electron chi connectivity index (χ3n) is 1.47. The lowest BCUT2D eigenvalue weighted by molar-refractivity contribution is -0.385. The predicted octanol–water partition coefficient (Wildman–Crippen LogP) is 3.30. The summed E-state index contributed by atoms with van der Waals surface area (Å²) in [6.07, 6.45) is -4.48. The maximum atomic E-state index is 11.8. The van der Waals surface area contributed by atoms with Crippen molar-refractivity contribution in [2.45, 2.75) is 6.18 Å². The molecule has 0 unspecified atom stereocenters. The van der Waals surface area contributed by atoms with Gasteiger partial charge in [0.2, 0.25) is 0 Å². The summed E-state index contributed by atoms with van der Waals surface area (Å²) >= 11 is 2.94. The molecule has 0 saturated carbocycles. The third-order valence-corrected chi connectivity index (χ3v) is 1.93. The Bertz CT molecular complexity index is 408. The highest BCUT2D eigenvalue weighted by molar-refractivity contribution is 9.10. The van der Waals surface area contributed by atoms with Crippen LogP contribution in [0.3, 0.4) is 0 Å². The lowest BCUT2D eigenvalue weighted by Gasteiger charge is -2.09. The van der Waals surface area contributed by atoms with E-state index in [0.717, 1.165) is 6.07 Å². The summed E-state index contributed by atoms with van der Waals surface area (Å²) in [7, 11) is 0. The molecule has 0 saturated heterocycles. The number of non-ortho nitro benzene ring substituents is 1. The van der Waals surface area contributed by atoms with Gasteiger partial charge in [-0.1, -0.05) is 15.9 Å². The maximum Gasteiger partial charge on any atom is 0.422 e. The molecule has 0 radical (unpaired) electrons. The standard InChI is InChI=1S/C8H5BrF3NO3/c9-5-1-6(13(14)15)3-7(2-5)16-4-8(10,11)12/h1-3H,4H2. The van der Waals surface area contributed by atoms with Crippen LogP contribution in [0.15, 0.2) is 22.7 Å². The number of hydrogen-bond acceptors (Lipinski definition) is 3. The van der Waals surface area contributed by atoms with E-state index in [0.29, 0.717) is 0 Å². The number of nitro benzene ring substituents is 1. The minimum atomic E-state index is -4.48. The van der Waals surface area contributed by atoms with E-state index in [-0.39, 0.29) is 15.9 Å². The van der Waals surface area contributed by atoms with Crippen LogP contribution in [0.4, 0.5) is 18.9 Å². The fraction of sp³-hybridized carbons (Fsp3) is 0.250. The van der Waals surface area contributed by atoms with Gasteiger partial charge in [0.1, 0.15) is 5.75 Å². The molecular weight excluding hydrogens is 295 g/mol. The summed E-state index contributed by atoms with van der Waals surface area (Å²) in [4.78, 5) is 9.70. The second kappa shape index (κ2) is 4.69. The first-order valence-electron chi connectivity index (χ1n) is 3.92. The highest BCUT2D eigenvalue weighted by Crippen LogP contribution is 2.27. The van der Waals surface area contributed by atoms with Crippen molar-refractivity contribution < 1.29 is 22.8 Å². The van der Waals surface area contributed by atoms with Crippen molar-refractivity contribution in [2.24, 2.45) is 0 Å². The Kier molecular flexibility index (Phi) is 3.74. The molecule has 0 atom stereocenters. The van der Waals surface area contributed by atoms with Gasteiger partial charge in [0.25, 0.3) is 5.69 Å². The summed E-state index contributed by atoms with van der Waals surface area (Å²) < 4.78 is 40.2. The van der Waals surface area contributed by atoms with Gasteiger partial charge in [-0.05, 0) is 6.07 Å². The first kappa shape index (κ1) is 12.8. The summed E-state index contributed by atoms with van der Waals surface area (Å²) in [6, 6.07) is 3.32. The summed E-state index contributed by atoms with van der Waals surface area (Å²) in [6.45, 7) is -1.49. The van der Waals surface area contributed by atoms with Gasteiger partial charge in [-0.3, -0.25) is 10.1 Å². The Morgan fingerprint density at radius 1 is 1.38 bits per heavy atom. The second-order valence-electron chi connectivity index (χ2n) is 2.81. The molecule has 0 amide bonds. The minimum absolute atomic E-state index is 0.210. The number of halogens is 4. The fourth-order valence-corrected chi connectivity index (χ4v) is 1.36. The van der Waals surface area contributed by atoms with Crippen LogP contribution in [0.1, 0.15) is 0 Å². The molecule has 1 aromatic rings. The zero-order valence-corrected chi connectivity index (χ0v) is 9.21. The lowest BCUT2D eigenvalue weighted by atomic mass is 10.3. The Morgan fingerprint density at radius 3 is 2.50 bits per heavy atom. The van der Waals surface area contributed by atoms with E-state index in [9.17, 15) is 23.3 Å². The quantitative estimate of drug-likeness (QED) is 0.635. The number of rotatable bonds is 3. The van der Waals surface area contributed by atoms with Crippen molar-refractivity contribution in [1.82, 2.24) is 0 Å². The lowest BCUT2D eigenvalue weighted by Crippen LogP contribution is -2.19. The minimum Gasteiger partial charge on any atom is -0.484 e. The number of hydrogen-bond donors (Lipinski definition) is 0. The van der Waals surface area contributed by atoms with E-state index in [2.05, 4.69) is 20.7 Å². The molecule has 8 heteroatoms. The average molecular weight is 300 g/mol. The molecule has 1 aromatic carbocycles. The average Bonchev–Trinajstić information content (AvgIpc) is 2.13. The van der Waals surface area contributed by atoms with Gasteiger partial charge in [-0.15, -0.1) is 0 Å². The molecule has 0 spiro atoms. The van der Waals surface area contributed by atoms with Crippen LogP contribution in [-0.4, -0.2) is 17.7 Å². The third kappa shape index (κ3) is 4.05. The van der Waals surface area contributed by atoms with Gasteiger partial charge in [0.05, 0.1) is 11.0 Å². The van der Waals surface area contributed by atoms with Crippen LogP contribution >= 0.6 is 15.9 Å². The van der Waals surface area contributed by atoms with Crippen molar-refractivity contribution in [1.29, 1.82) is 0 Å². The van der Waals surface area contributed by atoms with Crippen LogP contribution in [-0.2, 0) is 0 Å². The van der Waals surface area contributed by atoms with Crippen molar-refractivity contribution in [3.05, 3.63) is 32.8 Å². The molecular formula is C8H5BrF3NO3. The number of nitro groups is 1. The zero-order valence-electron chi connectivity index (χ0n) is 7.62. The van der Waals surface area contributed by atoms with E-state index in [1.165, 1.54) is 12.1 Å². The highest BCUT2D eigenvalue weighted by atomic mass is 79.9. The summed E-state index contributed by atoms with van der Waals surface area (Å²) in [5.41, 5.74) is -0.341. The van der Waals surface area contributed by atoms with E-state index in [4.69, 9.17) is 0 Å². The van der Waals surface area contributed by atoms with E-state index in [1.54, 1.807) is 0 Å². The molecule has 1 rings (SSSR count). The molecule has 0 aliphatic carbocycles. The predicted molar refractivity (Wildman–Crippen MR) is 52.3 cm³/mol. The molecule has 4 nitrogen and oxygen atoms in total. The van der Waals surface area contributed by atoms with Crippen LogP contribution in [0.5, 0.6) is 5.75 Å². The Labute approximate surface area is 96.3 Å². The van der Waals surface area contributed by atoms with Gasteiger partial charge in [0, 0.05) is 10.5 Å². The van der Waals surface area contributed by atoms with Gasteiger partial charge < -0.3 is 4.74 Å². The van der Waals surface area contributed by atoms with Crippen molar-refractivity contribution in [3.8, 4) is 5.75 Å². The first-order chi connectivity index (χ1) is 7.28. The largest absolute Gasteiger partial charge is 0.484 e. The first-order valence-corrected chi connectivity index (χ1v) is 4.72. The number of nitrogens with zero attached hydrogens (tertiary/aromatic N) is 1. The number of benzene rings is 1. The molecule has 0 N–H and O–H groups in total. The van der Waals surface area contributed by atoms with E-state index < -0.39 is 17.7 Å². The zero-order chi connectivity index (χ0) is 12.3. The van der Waals surface area contributed by atoms with Crippen molar-refractivity contribution >= 4 is 21.6 Å². The molecule has 0 aliphatic rings. The highest BCUT2D eigenvalue weighted by Gasteiger charge is 2.28. The topological polar surface area (TPSA) is 52.4 Å². The SMILES string of the molecule is O=[N+]([O-])c1cc(Br)cc(OCC(F)(F)F)c1. The summed E-state index contributed by atoms with van der Waals surface area (Å²) in [5.74, 6) is -0.210. The molecule has 0 aliphatic heterocycles.